The van der Waals surface area contributed by atoms with Crippen molar-refractivity contribution in [2.75, 3.05) is 39.3 Å². The maximum absolute atomic E-state index is 5.33. The molecule has 220 valence electrons. The van der Waals surface area contributed by atoms with Gasteiger partial charge in [0, 0.05) is 26.2 Å². The van der Waals surface area contributed by atoms with E-state index < -0.39 is 0 Å². The van der Waals surface area contributed by atoms with Crippen molar-refractivity contribution in [3.8, 4) is 0 Å². The Bertz CT molecular complexity index is 777. The molecule has 0 atom stereocenters. The van der Waals surface area contributed by atoms with Gasteiger partial charge in [0.15, 0.2) is 10.2 Å². The minimum absolute atomic E-state index is 0. The number of hydrogen-bond donors (Lipinski definition) is 6. The predicted molar refractivity (Wildman–Crippen MR) is 180 cm³/mol. The van der Waals surface area contributed by atoms with Gasteiger partial charge in [0.1, 0.15) is 0 Å². The highest BCUT2D eigenvalue weighted by Crippen LogP contribution is 2.02. The molecule has 0 saturated carbocycles. The van der Waals surface area contributed by atoms with Gasteiger partial charge in [-0.15, -0.1) is 24.8 Å². The lowest BCUT2D eigenvalue weighted by Crippen LogP contribution is -2.36. The molecule has 0 bridgehead atoms. The van der Waals surface area contributed by atoms with E-state index in [0.717, 1.165) is 75.4 Å². The molecule has 2 aromatic carbocycles. The Morgan fingerprint density at radius 1 is 0.436 bits per heavy atom. The molecule has 0 aliphatic carbocycles. The van der Waals surface area contributed by atoms with Crippen LogP contribution in [0.2, 0.25) is 0 Å². The quantitative estimate of drug-likeness (QED) is 0.0912. The Morgan fingerprint density at radius 2 is 0.795 bits per heavy atom. The van der Waals surface area contributed by atoms with Gasteiger partial charge in [-0.25, -0.2) is 0 Å². The van der Waals surface area contributed by atoms with Gasteiger partial charge in [-0.1, -0.05) is 79.9 Å². The van der Waals surface area contributed by atoms with Crippen LogP contribution in [0.15, 0.2) is 60.7 Å². The van der Waals surface area contributed by atoms with Gasteiger partial charge in [-0.05, 0) is 87.4 Å². The van der Waals surface area contributed by atoms with Gasteiger partial charge in [0.25, 0.3) is 0 Å². The molecule has 0 unspecified atom stereocenters. The SMILES string of the molecule is Cl.Cl.S=C(NCCCNCCCCCCCNCCCNC(=S)NCc1ccccc1)NCc1ccccc1. The van der Waals surface area contributed by atoms with Crippen LogP contribution in [0.4, 0.5) is 0 Å². The Hall–Kier alpha value is -1.68. The molecule has 2 aromatic rings. The molecular formula is C29H48Cl2N6S2. The summed E-state index contributed by atoms with van der Waals surface area (Å²) in [6, 6.07) is 20.6. The topological polar surface area (TPSA) is 72.2 Å². The molecule has 0 saturated heterocycles. The fourth-order valence-electron chi connectivity index (χ4n) is 3.79. The van der Waals surface area contributed by atoms with E-state index in [4.69, 9.17) is 24.4 Å². The van der Waals surface area contributed by atoms with Gasteiger partial charge < -0.3 is 31.9 Å². The van der Waals surface area contributed by atoms with Crippen LogP contribution in [0.25, 0.3) is 0 Å². The number of rotatable bonds is 20. The first-order valence-electron chi connectivity index (χ1n) is 13.8. The lowest BCUT2D eigenvalue weighted by molar-refractivity contribution is 0.546. The second-order valence-corrected chi connectivity index (χ2v) is 9.98. The van der Waals surface area contributed by atoms with E-state index in [0.29, 0.717) is 0 Å². The fraction of sp³-hybridized carbons (Fsp3) is 0.517. The highest BCUT2D eigenvalue weighted by molar-refractivity contribution is 7.80. The number of unbranched alkanes of at least 4 members (excludes halogenated alkanes) is 4. The van der Waals surface area contributed by atoms with Crippen molar-refractivity contribution in [2.24, 2.45) is 0 Å². The molecule has 6 nitrogen and oxygen atoms in total. The van der Waals surface area contributed by atoms with Crippen LogP contribution >= 0.6 is 49.2 Å². The average molecular weight is 616 g/mol. The number of halogens is 2. The van der Waals surface area contributed by atoms with E-state index in [1.807, 2.05) is 36.4 Å². The molecule has 0 aliphatic heterocycles. The van der Waals surface area contributed by atoms with E-state index in [2.05, 4.69) is 56.2 Å². The highest BCUT2D eigenvalue weighted by Gasteiger charge is 1.98. The summed E-state index contributed by atoms with van der Waals surface area (Å²) in [7, 11) is 0. The maximum Gasteiger partial charge on any atom is 0.166 e. The summed E-state index contributed by atoms with van der Waals surface area (Å²) in [6.07, 6.45) is 8.57. The van der Waals surface area contributed by atoms with E-state index in [1.54, 1.807) is 0 Å². The van der Waals surface area contributed by atoms with Crippen LogP contribution in [0, 0.1) is 0 Å². The molecule has 0 aromatic heterocycles. The Labute approximate surface area is 259 Å². The van der Waals surface area contributed by atoms with E-state index in [-0.39, 0.29) is 24.8 Å². The summed E-state index contributed by atoms with van der Waals surface area (Å²) in [5.74, 6) is 0. The van der Waals surface area contributed by atoms with Gasteiger partial charge in [-0.3, -0.25) is 0 Å². The van der Waals surface area contributed by atoms with Crippen LogP contribution in [0.1, 0.15) is 56.1 Å². The number of thiocarbonyl (C=S) groups is 2. The van der Waals surface area contributed by atoms with Crippen molar-refractivity contribution in [3.05, 3.63) is 71.8 Å². The molecule has 6 N–H and O–H groups in total. The van der Waals surface area contributed by atoms with Gasteiger partial charge in [-0.2, -0.15) is 0 Å². The molecule has 0 radical (unpaired) electrons. The van der Waals surface area contributed by atoms with Crippen LogP contribution in [-0.2, 0) is 13.1 Å². The molecule has 2 rings (SSSR count). The summed E-state index contributed by atoms with van der Waals surface area (Å²) in [5, 5.41) is 21.6. The summed E-state index contributed by atoms with van der Waals surface area (Å²) >= 11 is 10.7. The normalized spacial score (nSPS) is 10.1. The average Bonchev–Trinajstić information content (AvgIpc) is 2.93. The van der Waals surface area contributed by atoms with Crippen LogP contribution in [0.5, 0.6) is 0 Å². The third-order valence-electron chi connectivity index (χ3n) is 5.93. The maximum atomic E-state index is 5.33. The third kappa shape index (κ3) is 21.8. The molecule has 39 heavy (non-hydrogen) atoms. The number of nitrogens with one attached hydrogen (secondary N) is 6. The standard InChI is InChI=1S/C29H46N6S2.2ClH/c36-28(34-24-26-14-6-4-7-15-26)32-22-12-20-30-18-10-2-1-3-11-19-31-21-13-23-33-29(37)35-25-27-16-8-5-9-17-27;;/h4-9,14-17,30-31H,1-3,10-13,18-25H2,(H2,32,34,36)(H2,33,35,37);2*1H. The van der Waals surface area contributed by atoms with Gasteiger partial charge >= 0.3 is 0 Å². The molecule has 0 spiro atoms. The Balaban J connectivity index is 0.00000722. The second-order valence-electron chi connectivity index (χ2n) is 9.16. The zero-order valence-corrected chi connectivity index (χ0v) is 26.3. The van der Waals surface area contributed by atoms with Crippen LogP contribution in [0.3, 0.4) is 0 Å². The summed E-state index contributed by atoms with van der Waals surface area (Å²) in [5.41, 5.74) is 2.48. The van der Waals surface area contributed by atoms with Crippen molar-refractivity contribution < 1.29 is 0 Å². The van der Waals surface area contributed by atoms with Gasteiger partial charge in [0.2, 0.25) is 0 Å². The van der Waals surface area contributed by atoms with Crippen molar-refractivity contribution >= 4 is 59.5 Å². The van der Waals surface area contributed by atoms with Crippen molar-refractivity contribution in [1.82, 2.24) is 31.9 Å². The van der Waals surface area contributed by atoms with E-state index in [9.17, 15) is 0 Å². The zero-order valence-electron chi connectivity index (χ0n) is 23.0. The Morgan fingerprint density at radius 3 is 1.21 bits per heavy atom. The van der Waals surface area contributed by atoms with E-state index in [1.165, 1.54) is 43.2 Å². The molecule has 0 heterocycles. The summed E-state index contributed by atoms with van der Waals surface area (Å²) in [4.78, 5) is 0. The lowest BCUT2D eigenvalue weighted by atomic mass is 10.1. The fourth-order valence-corrected chi connectivity index (χ4v) is 4.14. The highest BCUT2D eigenvalue weighted by atomic mass is 35.5. The molecule has 0 aliphatic rings. The molecule has 0 amide bonds. The zero-order chi connectivity index (χ0) is 26.2. The first-order valence-corrected chi connectivity index (χ1v) is 14.6. The Kier molecular flexibility index (Phi) is 25.4. The van der Waals surface area contributed by atoms with Crippen LogP contribution in [-0.4, -0.2) is 49.5 Å². The van der Waals surface area contributed by atoms with Crippen molar-refractivity contribution in [1.29, 1.82) is 0 Å². The lowest BCUT2D eigenvalue weighted by Gasteiger charge is -2.11. The van der Waals surface area contributed by atoms with E-state index >= 15 is 0 Å². The summed E-state index contributed by atoms with van der Waals surface area (Å²) < 4.78 is 0. The molecular weight excluding hydrogens is 567 g/mol. The van der Waals surface area contributed by atoms with Crippen molar-refractivity contribution in [2.45, 2.75) is 58.0 Å². The third-order valence-corrected chi connectivity index (χ3v) is 6.51. The van der Waals surface area contributed by atoms with Gasteiger partial charge in [0.05, 0.1) is 0 Å². The summed E-state index contributed by atoms with van der Waals surface area (Å²) in [6.45, 7) is 7.58. The molecule has 10 heteroatoms. The second kappa shape index (κ2) is 26.5. The first-order chi connectivity index (χ1) is 18.2. The number of hydrogen-bond acceptors (Lipinski definition) is 4. The minimum Gasteiger partial charge on any atom is -0.363 e. The smallest absolute Gasteiger partial charge is 0.166 e. The molecule has 0 fully saturated rings. The van der Waals surface area contributed by atoms with Crippen molar-refractivity contribution in [3.63, 3.8) is 0 Å². The first kappa shape index (κ1) is 37.3. The minimum atomic E-state index is 0. The largest absolute Gasteiger partial charge is 0.363 e. The van der Waals surface area contributed by atoms with Crippen LogP contribution < -0.4 is 31.9 Å². The number of benzene rings is 2. The monoisotopic (exact) mass is 614 g/mol. The predicted octanol–water partition coefficient (Wildman–Crippen LogP) is 5.07.